The number of nitrogens with zero attached hydrogens (tertiary/aromatic N) is 1. The van der Waals surface area contributed by atoms with E-state index in [9.17, 15) is 14.4 Å². The van der Waals surface area contributed by atoms with Crippen LogP contribution in [0, 0.1) is 0 Å². The SMILES string of the molecule is CC(C)OCCCNC(=O)CN1C(=O)N[C@]2(CCOc3ccccc32)C1=O. The Balaban J connectivity index is 1.61. The van der Waals surface area contributed by atoms with Crippen LogP contribution < -0.4 is 15.4 Å². The van der Waals surface area contributed by atoms with Crippen LogP contribution in [-0.2, 0) is 19.9 Å². The van der Waals surface area contributed by atoms with Gasteiger partial charge in [0.2, 0.25) is 5.91 Å². The molecule has 1 aromatic carbocycles. The van der Waals surface area contributed by atoms with E-state index in [1.807, 2.05) is 19.9 Å². The van der Waals surface area contributed by atoms with E-state index in [4.69, 9.17) is 9.47 Å². The van der Waals surface area contributed by atoms with Crippen molar-refractivity contribution in [1.82, 2.24) is 15.5 Å². The molecule has 146 valence electrons. The summed E-state index contributed by atoms with van der Waals surface area (Å²) in [6, 6.07) is 6.58. The molecule has 1 atom stereocenters. The number of amides is 4. The minimum Gasteiger partial charge on any atom is -0.493 e. The molecule has 2 N–H and O–H groups in total. The maximum Gasteiger partial charge on any atom is 0.325 e. The maximum absolute atomic E-state index is 13.0. The number of para-hydroxylation sites is 1. The van der Waals surface area contributed by atoms with E-state index in [0.29, 0.717) is 43.9 Å². The second kappa shape index (κ2) is 7.96. The molecule has 0 bridgehead atoms. The maximum atomic E-state index is 13.0. The summed E-state index contributed by atoms with van der Waals surface area (Å²) in [7, 11) is 0. The fourth-order valence-electron chi connectivity index (χ4n) is 3.33. The molecular weight excluding hydrogens is 350 g/mol. The Bertz CT molecular complexity index is 736. The minimum atomic E-state index is -1.16. The zero-order valence-corrected chi connectivity index (χ0v) is 15.6. The quantitative estimate of drug-likeness (QED) is 0.550. The highest BCUT2D eigenvalue weighted by Crippen LogP contribution is 2.40. The first-order valence-corrected chi connectivity index (χ1v) is 9.19. The van der Waals surface area contributed by atoms with Crippen LogP contribution in [0.25, 0.3) is 0 Å². The third-order valence-corrected chi connectivity index (χ3v) is 4.65. The summed E-state index contributed by atoms with van der Waals surface area (Å²) in [6.07, 6.45) is 1.14. The Morgan fingerprint density at radius 3 is 2.93 bits per heavy atom. The number of ether oxygens (including phenoxy) is 2. The van der Waals surface area contributed by atoms with Gasteiger partial charge < -0.3 is 20.1 Å². The van der Waals surface area contributed by atoms with Crippen LogP contribution in [0.15, 0.2) is 24.3 Å². The monoisotopic (exact) mass is 375 g/mol. The van der Waals surface area contributed by atoms with Gasteiger partial charge >= 0.3 is 6.03 Å². The third kappa shape index (κ3) is 3.90. The van der Waals surface area contributed by atoms with Gasteiger partial charge in [-0.05, 0) is 26.3 Å². The van der Waals surface area contributed by atoms with Gasteiger partial charge in [-0.25, -0.2) is 4.79 Å². The highest BCUT2D eigenvalue weighted by molar-refractivity contribution is 6.09. The van der Waals surface area contributed by atoms with Crippen molar-refractivity contribution in [2.75, 3.05) is 26.3 Å². The summed E-state index contributed by atoms with van der Waals surface area (Å²) in [4.78, 5) is 38.6. The molecule has 8 heteroatoms. The van der Waals surface area contributed by atoms with Gasteiger partial charge in [0.05, 0.1) is 12.7 Å². The number of carbonyl (C=O) groups excluding carboxylic acids is 3. The molecule has 3 rings (SSSR count). The van der Waals surface area contributed by atoms with E-state index in [2.05, 4.69) is 10.6 Å². The zero-order chi connectivity index (χ0) is 19.4. The van der Waals surface area contributed by atoms with Crippen LogP contribution in [0.5, 0.6) is 5.75 Å². The molecular formula is C19H25N3O5. The van der Waals surface area contributed by atoms with Crippen LogP contribution in [0.2, 0.25) is 0 Å². The van der Waals surface area contributed by atoms with Crippen LogP contribution in [0.4, 0.5) is 4.79 Å². The van der Waals surface area contributed by atoms with Gasteiger partial charge in [0.25, 0.3) is 5.91 Å². The second-order valence-electron chi connectivity index (χ2n) is 6.94. The second-order valence-corrected chi connectivity index (χ2v) is 6.94. The summed E-state index contributed by atoms with van der Waals surface area (Å²) >= 11 is 0. The molecule has 2 aliphatic heterocycles. The molecule has 2 aliphatic rings. The van der Waals surface area contributed by atoms with E-state index in [-0.39, 0.29) is 18.6 Å². The number of benzene rings is 1. The van der Waals surface area contributed by atoms with Crippen LogP contribution in [0.3, 0.4) is 0 Å². The molecule has 8 nitrogen and oxygen atoms in total. The topological polar surface area (TPSA) is 97.0 Å². The van der Waals surface area contributed by atoms with Crippen molar-refractivity contribution < 1.29 is 23.9 Å². The summed E-state index contributed by atoms with van der Waals surface area (Å²) < 4.78 is 11.0. The lowest BCUT2D eigenvalue weighted by molar-refractivity contribution is -0.136. The number of hydrogen-bond donors (Lipinski definition) is 2. The summed E-state index contributed by atoms with van der Waals surface area (Å²) in [5.41, 5.74) is -0.527. The molecule has 4 amide bonds. The summed E-state index contributed by atoms with van der Waals surface area (Å²) in [5.74, 6) is -0.212. The first-order chi connectivity index (χ1) is 12.9. The smallest absolute Gasteiger partial charge is 0.325 e. The Morgan fingerprint density at radius 1 is 1.37 bits per heavy atom. The number of nitrogens with one attached hydrogen (secondary N) is 2. The van der Waals surface area contributed by atoms with Crippen molar-refractivity contribution in [3.63, 3.8) is 0 Å². The normalized spacial score (nSPS) is 21.2. The van der Waals surface area contributed by atoms with Crippen molar-refractivity contribution in [2.45, 2.75) is 38.3 Å². The van der Waals surface area contributed by atoms with E-state index in [1.165, 1.54) is 0 Å². The highest BCUT2D eigenvalue weighted by atomic mass is 16.5. The Hall–Kier alpha value is -2.61. The standard InChI is InChI=1S/C19H25N3O5/c1-13(2)26-10-5-9-20-16(23)12-22-17(24)19(21-18(22)25)8-11-27-15-7-4-3-6-14(15)19/h3-4,6-7,13H,5,8-12H2,1-2H3,(H,20,23)(H,21,25)/t19-/m0/s1. The molecule has 0 radical (unpaired) electrons. The molecule has 0 aliphatic carbocycles. The number of urea groups is 1. The van der Waals surface area contributed by atoms with Gasteiger partial charge in [-0.2, -0.15) is 0 Å². The predicted octanol–water partition coefficient (Wildman–Crippen LogP) is 1.15. The molecule has 1 aromatic rings. The van der Waals surface area contributed by atoms with Gasteiger partial charge in [-0.1, -0.05) is 18.2 Å². The molecule has 27 heavy (non-hydrogen) atoms. The first kappa shape index (κ1) is 19.2. The van der Waals surface area contributed by atoms with E-state index in [1.54, 1.807) is 18.2 Å². The Morgan fingerprint density at radius 2 is 2.15 bits per heavy atom. The predicted molar refractivity (Wildman–Crippen MR) is 97.2 cm³/mol. The van der Waals surface area contributed by atoms with E-state index < -0.39 is 17.5 Å². The molecule has 1 fully saturated rings. The largest absolute Gasteiger partial charge is 0.493 e. The fraction of sp³-hybridized carbons (Fsp3) is 0.526. The molecule has 2 heterocycles. The Labute approximate surface area is 158 Å². The van der Waals surface area contributed by atoms with Crippen LogP contribution in [0.1, 0.15) is 32.3 Å². The Kier molecular flexibility index (Phi) is 5.65. The van der Waals surface area contributed by atoms with Crippen molar-refractivity contribution in [3.05, 3.63) is 29.8 Å². The molecule has 0 saturated carbocycles. The molecule has 1 saturated heterocycles. The lowest BCUT2D eigenvalue weighted by Gasteiger charge is -2.33. The average molecular weight is 375 g/mol. The van der Waals surface area contributed by atoms with E-state index in [0.717, 1.165) is 4.90 Å². The minimum absolute atomic E-state index is 0.144. The van der Waals surface area contributed by atoms with Gasteiger partial charge in [-0.15, -0.1) is 0 Å². The van der Waals surface area contributed by atoms with Crippen LogP contribution >= 0.6 is 0 Å². The number of imide groups is 1. The lowest BCUT2D eigenvalue weighted by atomic mass is 9.84. The van der Waals surface area contributed by atoms with Crippen LogP contribution in [-0.4, -0.2) is 55.2 Å². The fourth-order valence-corrected chi connectivity index (χ4v) is 3.33. The number of rotatable bonds is 7. The zero-order valence-electron chi connectivity index (χ0n) is 15.6. The number of fused-ring (bicyclic) bond motifs is 2. The van der Waals surface area contributed by atoms with Crippen molar-refractivity contribution in [3.8, 4) is 5.75 Å². The lowest BCUT2D eigenvalue weighted by Crippen LogP contribution is -2.48. The first-order valence-electron chi connectivity index (χ1n) is 9.19. The highest BCUT2D eigenvalue weighted by Gasteiger charge is 2.55. The van der Waals surface area contributed by atoms with Crippen molar-refractivity contribution >= 4 is 17.8 Å². The third-order valence-electron chi connectivity index (χ3n) is 4.65. The molecule has 0 unspecified atom stereocenters. The van der Waals surface area contributed by atoms with Crippen molar-refractivity contribution in [1.29, 1.82) is 0 Å². The van der Waals surface area contributed by atoms with Gasteiger partial charge in [0.1, 0.15) is 12.3 Å². The summed E-state index contributed by atoms with van der Waals surface area (Å²) in [6.45, 7) is 4.87. The van der Waals surface area contributed by atoms with E-state index >= 15 is 0 Å². The van der Waals surface area contributed by atoms with Gasteiger partial charge in [0, 0.05) is 25.1 Å². The summed E-state index contributed by atoms with van der Waals surface area (Å²) in [5, 5.41) is 5.49. The van der Waals surface area contributed by atoms with Gasteiger partial charge in [-0.3, -0.25) is 14.5 Å². The number of carbonyl (C=O) groups is 3. The average Bonchev–Trinajstić information content (AvgIpc) is 2.86. The number of hydrogen-bond acceptors (Lipinski definition) is 5. The van der Waals surface area contributed by atoms with Gasteiger partial charge in [0.15, 0.2) is 5.54 Å². The molecule has 0 aromatic heterocycles. The molecule has 1 spiro atoms. The van der Waals surface area contributed by atoms with Crippen molar-refractivity contribution in [2.24, 2.45) is 0 Å².